The molecule has 0 saturated carbocycles. The number of pyridine rings is 1. The summed E-state index contributed by atoms with van der Waals surface area (Å²) in [6.45, 7) is 3.52. The van der Waals surface area contributed by atoms with Gasteiger partial charge in [0.05, 0.1) is 46.6 Å². The van der Waals surface area contributed by atoms with E-state index in [4.69, 9.17) is 4.74 Å². The predicted molar refractivity (Wildman–Crippen MR) is 188 cm³/mol. The highest BCUT2D eigenvalue weighted by atomic mass is 127. The van der Waals surface area contributed by atoms with Crippen LogP contribution in [0.15, 0.2) is 71.9 Å². The van der Waals surface area contributed by atoms with Crippen LogP contribution in [0.25, 0.3) is 11.6 Å². The van der Waals surface area contributed by atoms with E-state index in [2.05, 4.69) is 4.98 Å². The minimum absolute atomic E-state index is 0.0519. The second-order valence-electron chi connectivity index (χ2n) is 12.2. The molecule has 10 nitrogen and oxygen atoms in total. The lowest BCUT2D eigenvalue weighted by atomic mass is 9.66. The summed E-state index contributed by atoms with van der Waals surface area (Å²) in [6.07, 6.45) is 3.53. The highest BCUT2D eigenvalue weighted by Gasteiger charge is 2.55. The van der Waals surface area contributed by atoms with Crippen LogP contribution in [0.2, 0.25) is 0 Å². The summed E-state index contributed by atoms with van der Waals surface area (Å²) >= 11 is 2.04. The number of halogens is 1. The number of hydrogen-bond donors (Lipinski definition) is 5. The number of phenols is 1. The SMILES string of the molecule is COc1cc(/C=C(/CC[C@@H](O)C2=C(C(C)C)C[C@H]3C(=O)N(c4cccc(B(O)O)c4)C(=O)[C@H]3[C@H]2CO)c2ccccn2)cc(I)c1O. The molecule has 0 spiro atoms. The quantitative estimate of drug-likeness (QED) is 0.0855. The molecule has 246 valence electrons. The van der Waals surface area contributed by atoms with Crippen LogP contribution < -0.4 is 15.1 Å². The lowest BCUT2D eigenvalue weighted by Crippen LogP contribution is -2.40. The maximum Gasteiger partial charge on any atom is 0.488 e. The lowest BCUT2D eigenvalue weighted by Gasteiger charge is -2.38. The van der Waals surface area contributed by atoms with E-state index in [1.54, 1.807) is 24.4 Å². The number of imide groups is 1. The Morgan fingerprint density at radius 3 is 2.53 bits per heavy atom. The highest BCUT2D eigenvalue weighted by Crippen LogP contribution is 2.49. The molecule has 0 bridgehead atoms. The second kappa shape index (κ2) is 14.7. The van der Waals surface area contributed by atoms with E-state index < -0.39 is 49.4 Å². The van der Waals surface area contributed by atoms with E-state index in [1.807, 2.05) is 66.8 Å². The van der Waals surface area contributed by atoms with Crippen molar-refractivity contribution in [1.82, 2.24) is 4.98 Å². The molecule has 1 fully saturated rings. The van der Waals surface area contributed by atoms with Crippen LogP contribution in [0, 0.1) is 27.2 Å². The van der Waals surface area contributed by atoms with Gasteiger partial charge in [-0.15, -0.1) is 0 Å². The van der Waals surface area contributed by atoms with Crippen molar-refractivity contribution in [2.24, 2.45) is 23.7 Å². The maximum absolute atomic E-state index is 13.9. The summed E-state index contributed by atoms with van der Waals surface area (Å²) in [7, 11) is -0.282. The Labute approximate surface area is 287 Å². The van der Waals surface area contributed by atoms with Crippen molar-refractivity contribution in [3.05, 3.63) is 86.8 Å². The average molecular weight is 752 g/mol. The number of methoxy groups -OCH3 is 1. The molecular weight excluding hydrogens is 714 g/mol. The van der Waals surface area contributed by atoms with Crippen LogP contribution in [0.5, 0.6) is 11.5 Å². The lowest BCUT2D eigenvalue weighted by molar-refractivity contribution is -0.123. The van der Waals surface area contributed by atoms with E-state index in [9.17, 15) is 35.0 Å². The van der Waals surface area contributed by atoms with Crippen molar-refractivity contribution >= 4 is 64.3 Å². The maximum atomic E-state index is 13.9. The zero-order valence-corrected chi connectivity index (χ0v) is 28.5. The first-order chi connectivity index (χ1) is 22.5. The number of benzene rings is 2. The summed E-state index contributed by atoms with van der Waals surface area (Å²) in [5.74, 6) is -2.93. The van der Waals surface area contributed by atoms with Crippen LogP contribution in [-0.2, 0) is 9.59 Å². The molecule has 4 atom stereocenters. The number of phenolic OH excluding ortho intramolecular Hbond substituents is 1. The summed E-state index contributed by atoms with van der Waals surface area (Å²) in [5, 5.41) is 52.2. The van der Waals surface area contributed by atoms with Gasteiger partial charge < -0.3 is 30.1 Å². The van der Waals surface area contributed by atoms with E-state index in [0.717, 1.165) is 21.6 Å². The predicted octanol–water partition coefficient (Wildman–Crippen LogP) is 3.53. The molecular formula is C35H38BIN2O8. The van der Waals surface area contributed by atoms with Crippen molar-refractivity contribution in [3.63, 3.8) is 0 Å². The third-order valence-corrected chi connectivity index (χ3v) is 9.91. The summed E-state index contributed by atoms with van der Waals surface area (Å²) in [4.78, 5) is 33.3. The molecule has 1 aromatic heterocycles. The Morgan fingerprint density at radius 1 is 1.13 bits per heavy atom. The largest absolute Gasteiger partial charge is 0.504 e. The van der Waals surface area contributed by atoms with Crippen molar-refractivity contribution in [1.29, 1.82) is 0 Å². The first-order valence-electron chi connectivity index (χ1n) is 15.5. The molecule has 2 aliphatic rings. The minimum Gasteiger partial charge on any atom is -0.504 e. The normalized spacial score (nSPS) is 20.6. The Kier molecular flexibility index (Phi) is 10.9. The fraction of sp³-hybridized carbons (Fsp3) is 0.343. The third-order valence-electron chi connectivity index (χ3n) is 9.09. The fourth-order valence-electron chi connectivity index (χ4n) is 6.83. The van der Waals surface area contributed by atoms with Crippen LogP contribution >= 0.6 is 22.6 Å². The van der Waals surface area contributed by atoms with E-state index in [0.29, 0.717) is 27.0 Å². The van der Waals surface area contributed by atoms with Gasteiger partial charge in [0.25, 0.3) is 0 Å². The number of fused-ring (bicyclic) bond motifs is 1. The Balaban J connectivity index is 1.47. The standard InChI is InChI=1S/C35H38BIN2O8/c1-19(2)24-17-25-32(35(44)39(34(25)43)23-8-6-7-22(16-23)36(45)46)26(18-40)31(24)29(41)11-10-21(28-9-4-5-12-38-28)13-20-14-27(37)33(42)30(15-20)47-3/h4-9,12-16,19,25-26,29,32,40-42,45-46H,10-11,17-18H2,1-3H3/b21-13-/t25-,26+,29-,32-/m1/s1. The van der Waals surface area contributed by atoms with Gasteiger partial charge in [0.2, 0.25) is 11.8 Å². The number of aliphatic hydroxyl groups excluding tert-OH is 2. The van der Waals surface area contributed by atoms with Crippen molar-refractivity contribution in [2.75, 3.05) is 18.6 Å². The fourth-order valence-corrected chi connectivity index (χ4v) is 7.46. The highest BCUT2D eigenvalue weighted by molar-refractivity contribution is 14.1. The van der Waals surface area contributed by atoms with E-state index >= 15 is 0 Å². The zero-order chi connectivity index (χ0) is 34.0. The molecule has 3 aromatic rings. The summed E-state index contributed by atoms with van der Waals surface area (Å²) < 4.78 is 5.96. The third kappa shape index (κ3) is 7.02. The van der Waals surface area contributed by atoms with E-state index in [-0.39, 0.29) is 35.7 Å². The molecule has 1 aliphatic carbocycles. The zero-order valence-electron chi connectivity index (χ0n) is 26.4. The molecule has 2 aromatic carbocycles. The first kappa shape index (κ1) is 34.8. The van der Waals surface area contributed by atoms with Crippen LogP contribution in [0.4, 0.5) is 5.69 Å². The van der Waals surface area contributed by atoms with Crippen LogP contribution in [-0.4, -0.2) is 69.1 Å². The van der Waals surface area contributed by atoms with Crippen molar-refractivity contribution in [3.8, 4) is 11.5 Å². The number of allylic oxidation sites excluding steroid dienone is 2. The molecule has 5 N–H and O–H groups in total. The van der Waals surface area contributed by atoms with Gasteiger partial charge in [-0.1, -0.05) is 37.6 Å². The molecule has 1 aliphatic heterocycles. The number of anilines is 1. The van der Waals surface area contributed by atoms with Gasteiger partial charge in [-0.25, -0.2) is 0 Å². The van der Waals surface area contributed by atoms with Gasteiger partial charge >= 0.3 is 7.12 Å². The number of nitrogens with zero attached hydrogens (tertiary/aromatic N) is 2. The smallest absolute Gasteiger partial charge is 0.488 e. The van der Waals surface area contributed by atoms with Gasteiger partial charge in [-0.3, -0.25) is 19.5 Å². The van der Waals surface area contributed by atoms with Gasteiger partial charge in [-0.2, -0.15) is 0 Å². The molecule has 0 unspecified atom stereocenters. The van der Waals surface area contributed by atoms with Crippen molar-refractivity contribution in [2.45, 2.75) is 39.2 Å². The second-order valence-corrected chi connectivity index (χ2v) is 13.4. The van der Waals surface area contributed by atoms with Crippen LogP contribution in [0.1, 0.15) is 44.4 Å². The first-order valence-corrected chi connectivity index (χ1v) is 16.6. The minimum atomic E-state index is -1.77. The van der Waals surface area contributed by atoms with Crippen LogP contribution in [0.3, 0.4) is 0 Å². The van der Waals surface area contributed by atoms with Gasteiger partial charge in [0.1, 0.15) is 0 Å². The summed E-state index contributed by atoms with van der Waals surface area (Å²) in [6, 6.07) is 15.1. The number of hydrogen-bond acceptors (Lipinski definition) is 9. The number of carbonyl (C=O) groups excluding carboxylic acids is 2. The molecule has 1 saturated heterocycles. The number of rotatable bonds is 11. The molecule has 47 heavy (non-hydrogen) atoms. The molecule has 2 amide bonds. The van der Waals surface area contributed by atoms with Gasteiger partial charge in [0.15, 0.2) is 11.5 Å². The Bertz CT molecular complexity index is 1710. The topological polar surface area (TPSA) is 161 Å². The van der Waals surface area contributed by atoms with Gasteiger partial charge in [-0.05, 0) is 112 Å². The number of aliphatic hydroxyl groups is 2. The number of ether oxygens (including phenoxy) is 1. The Morgan fingerprint density at radius 2 is 1.89 bits per heavy atom. The molecule has 5 rings (SSSR count). The molecule has 0 radical (unpaired) electrons. The molecule has 12 heteroatoms. The number of carbonyl (C=O) groups is 2. The van der Waals surface area contributed by atoms with Gasteiger partial charge in [0, 0.05) is 12.1 Å². The number of amides is 2. The van der Waals surface area contributed by atoms with Crippen molar-refractivity contribution < 1.29 is 39.7 Å². The summed E-state index contributed by atoms with van der Waals surface area (Å²) in [5.41, 5.74) is 4.14. The van der Waals surface area contributed by atoms with E-state index in [1.165, 1.54) is 19.2 Å². The number of aromatic hydroxyl groups is 1. The number of aromatic nitrogens is 1. The Hall–Kier alpha value is -3.56. The molecule has 2 heterocycles. The monoisotopic (exact) mass is 752 g/mol. The average Bonchev–Trinajstić information content (AvgIpc) is 3.32.